The zero-order chi connectivity index (χ0) is 73.0. The zero-order valence-electron chi connectivity index (χ0n) is 64.4. The predicted molar refractivity (Wildman–Crippen MR) is 419 cm³/mol. The number of carbonyl (C=O) groups is 1. The summed E-state index contributed by atoms with van der Waals surface area (Å²) in [5, 5.41) is 87.7. The van der Waals surface area contributed by atoms with Gasteiger partial charge in [0, 0.05) is 6.42 Å². The molecule has 0 aliphatic carbocycles. The van der Waals surface area contributed by atoms with E-state index in [1.54, 1.807) is 6.08 Å². The summed E-state index contributed by atoms with van der Waals surface area (Å²) in [6.07, 6.45) is 83.6. The summed E-state index contributed by atoms with van der Waals surface area (Å²) in [7, 11) is 0. The molecule has 0 spiro atoms. The van der Waals surface area contributed by atoms with Crippen molar-refractivity contribution in [1.29, 1.82) is 0 Å². The van der Waals surface area contributed by atoms with Crippen molar-refractivity contribution in [1.82, 2.24) is 5.32 Å². The molecule has 586 valence electrons. The molecule has 2 saturated heterocycles. The molecule has 0 radical (unpaired) electrons. The van der Waals surface area contributed by atoms with Gasteiger partial charge >= 0.3 is 0 Å². The van der Waals surface area contributed by atoms with Crippen LogP contribution in [0.2, 0.25) is 0 Å². The first-order chi connectivity index (χ1) is 49.6. The summed E-state index contributed by atoms with van der Waals surface area (Å²) in [6, 6.07) is -0.937. The van der Waals surface area contributed by atoms with Crippen molar-refractivity contribution in [2.24, 2.45) is 0 Å². The second-order valence-corrected chi connectivity index (χ2v) is 29.2. The summed E-state index contributed by atoms with van der Waals surface area (Å²) in [6.45, 7) is 2.72. The molecule has 1 amide bonds. The Morgan fingerprint density at radius 1 is 0.366 bits per heavy atom. The SMILES string of the molecule is CC/C=C\C/C=C\C/C=C\C/C=C\C/C=C\C/C=C\CCCCCCCCCCCCCCCCCCCCCCC(=O)NC(COC1OC(CO)C(OC2OC(CO)C(O)C(O)C2O)C(O)C1O)C(O)/C=C/CC/C=C/CCCCCCCCCCCCCCCCCCCCCCCC. The van der Waals surface area contributed by atoms with E-state index in [0.717, 1.165) is 70.6 Å². The summed E-state index contributed by atoms with van der Waals surface area (Å²) >= 11 is 0. The quantitative estimate of drug-likeness (QED) is 0.0204. The maximum Gasteiger partial charge on any atom is 0.220 e. The van der Waals surface area contributed by atoms with Gasteiger partial charge in [0.1, 0.15) is 48.8 Å². The van der Waals surface area contributed by atoms with Gasteiger partial charge in [-0.1, -0.05) is 361 Å². The number of allylic oxidation sites excluding steroid dienone is 15. The first kappa shape index (κ1) is 94.0. The monoisotopic (exact) mass is 1420 g/mol. The standard InChI is InChI=1S/C87H155NO13/c1-3-5-7-9-11-13-15-17-19-21-23-25-27-29-31-33-34-35-36-37-38-39-40-41-42-43-45-47-49-51-53-55-57-59-61-63-65-67-69-71-79(92)88-75(74-98-86-84(97)82(95)85(78(73-90)100-86)101-87-83(96)81(94)80(93)77(72-89)99-87)76(91)70-68-66-64-62-60-58-56-54-52-50-48-46-44-32-30-28-26-24-22-20-18-16-14-12-10-8-6-4-2/h5,7,11,13,17,19,23,25,29,31,34-35,60,62,68,70,75-78,80-87,89-91,93-97H,3-4,6,8-10,12,14-16,18,20-22,24,26-28,30,32-33,36-59,61,63-67,69,71-74H2,1-2H3,(H,88,92)/b7-5-,13-11-,19-17-,25-23-,31-29-,35-34-,62-60+,70-68+. The molecule has 12 atom stereocenters. The molecule has 2 heterocycles. The van der Waals surface area contributed by atoms with Crippen molar-refractivity contribution in [3.63, 3.8) is 0 Å². The lowest BCUT2D eigenvalue weighted by Gasteiger charge is -2.46. The number of nitrogens with one attached hydrogen (secondary N) is 1. The number of unbranched alkanes of at least 4 members (excludes halogenated alkanes) is 43. The van der Waals surface area contributed by atoms with Crippen LogP contribution < -0.4 is 5.32 Å². The van der Waals surface area contributed by atoms with E-state index in [4.69, 9.17) is 18.9 Å². The van der Waals surface area contributed by atoms with E-state index in [-0.39, 0.29) is 18.9 Å². The summed E-state index contributed by atoms with van der Waals surface area (Å²) < 4.78 is 22.9. The Morgan fingerprint density at radius 3 is 1.09 bits per heavy atom. The third-order valence-corrected chi connectivity index (χ3v) is 20.0. The first-order valence-corrected chi connectivity index (χ1v) is 42.0. The van der Waals surface area contributed by atoms with Crippen molar-refractivity contribution in [2.75, 3.05) is 19.8 Å². The number of ether oxygens (including phenoxy) is 4. The number of amides is 1. The Morgan fingerprint density at radius 2 is 0.693 bits per heavy atom. The van der Waals surface area contributed by atoms with E-state index >= 15 is 0 Å². The minimum Gasteiger partial charge on any atom is -0.394 e. The highest BCUT2D eigenvalue weighted by molar-refractivity contribution is 5.76. The maximum absolute atomic E-state index is 13.4. The fraction of sp³-hybridized carbons (Fsp3) is 0.805. The van der Waals surface area contributed by atoms with Crippen molar-refractivity contribution < 1.29 is 64.6 Å². The molecule has 0 aromatic rings. The molecule has 2 rings (SSSR count). The van der Waals surface area contributed by atoms with Gasteiger partial charge in [-0.15, -0.1) is 0 Å². The average molecular weight is 1420 g/mol. The van der Waals surface area contributed by atoms with E-state index in [1.807, 2.05) is 6.08 Å². The Bertz CT molecular complexity index is 2070. The van der Waals surface area contributed by atoms with Gasteiger partial charge in [-0.2, -0.15) is 0 Å². The fourth-order valence-corrected chi connectivity index (χ4v) is 13.4. The maximum atomic E-state index is 13.4. The van der Waals surface area contributed by atoms with Crippen LogP contribution in [0.3, 0.4) is 0 Å². The van der Waals surface area contributed by atoms with Crippen molar-refractivity contribution >= 4 is 5.91 Å². The van der Waals surface area contributed by atoms with Crippen molar-refractivity contribution in [3.8, 4) is 0 Å². The van der Waals surface area contributed by atoms with Crippen LogP contribution in [-0.2, 0) is 23.7 Å². The van der Waals surface area contributed by atoms with Crippen LogP contribution in [-0.4, -0.2) is 140 Å². The van der Waals surface area contributed by atoms with Gasteiger partial charge in [-0.05, 0) is 83.5 Å². The van der Waals surface area contributed by atoms with E-state index in [2.05, 4.69) is 104 Å². The molecule has 2 aliphatic heterocycles. The molecule has 12 unspecified atom stereocenters. The normalized spacial score (nSPS) is 22.2. The van der Waals surface area contributed by atoms with Gasteiger partial charge in [0.15, 0.2) is 12.6 Å². The van der Waals surface area contributed by atoms with Crippen LogP contribution in [0.1, 0.15) is 354 Å². The van der Waals surface area contributed by atoms with E-state index in [0.29, 0.717) is 12.8 Å². The van der Waals surface area contributed by atoms with Crippen molar-refractivity contribution in [2.45, 2.75) is 428 Å². The van der Waals surface area contributed by atoms with Gasteiger partial charge in [0.25, 0.3) is 0 Å². The number of carbonyl (C=O) groups excluding carboxylic acids is 1. The molecule has 0 aromatic heterocycles. The largest absolute Gasteiger partial charge is 0.394 e. The van der Waals surface area contributed by atoms with E-state index in [1.165, 1.54) is 250 Å². The van der Waals surface area contributed by atoms with E-state index < -0.39 is 86.8 Å². The van der Waals surface area contributed by atoms with Gasteiger partial charge in [-0.3, -0.25) is 4.79 Å². The number of hydrogen-bond acceptors (Lipinski definition) is 13. The number of aliphatic hydroxyl groups is 8. The lowest BCUT2D eigenvalue weighted by Crippen LogP contribution is -2.65. The van der Waals surface area contributed by atoms with Crippen LogP contribution in [0.15, 0.2) is 97.2 Å². The first-order valence-electron chi connectivity index (χ1n) is 42.0. The minimum absolute atomic E-state index is 0.245. The Balaban J connectivity index is 1.60. The second-order valence-electron chi connectivity index (χ2n) is 29.2. The molecular weight excluding hydrogens is 1270 g/mol. The molecule has 0 saturated carbocycles. The van der Waals surface area contributed by atoms with Crippen LogP contribution in [0.25, 0.3) is 0 Å². The van der Waals surface area contributed by atoms with Gasteiger partial charge in [0.05, 0.1) is 32.0 Å². The third-order valence-electron chi connectivity index (χ3n) is 20.0. The Labute approximate surface area is 617 Å². The number of hydrogen-bond donors (Lipinski definition) is 9. The average Bonchev–Trinajstić information content (AvgIpc) is 0.790. The smallest absolute Gasteiger partial charge is 0.220 e. The molecule has 14 nitrogen and oxygen atoms in total. The van der Waals surface area contributed by atoms with Crippen LogP contribution in [0.4, 0.5) is 0 Å². The molecule has 2 fully saturated rings. The summed E-state index contributed by atoms with van der Waals surface area (Å²) in [5.74, 6) is -0.245. The Kier molecular flexibility index (Phi) is 65.1. The third kappa shape index (κ3) is 52.5. The minimum atomic E-state index is -1.79. The summed E-state index contributed by atoms with van der Waals surface area (Å²) in [5.41, 5.74) is 0. The molecule has 9 N–H and O–H groups in total. The second kappa shape index (κ2) is 69.9. The Hall–Kier alpha value is -3.09. The highest BCUT2D eigenvalue weighted by atomic mass is 16.7. The van der Waals surface area contributed by atoms with Gasteiger partial charge < -0.3 is 65.1 Å². The molecule has 2 aliphatic rings. The van der Waals surface area contributed by atoms with Crippen LogP contribution in [0.5, 0.6) is 0 Å². The topological polar surface area (TPSA) is 228 Å². The summed E-state index contributed by atoms with van der Waals surface area (Å²) in [4.78, 5) is 13.4. The van der Waals surface area contributed by atoms with Crippen LogP contribution in [0, 0.1) is 0 Å². The molecule has 0 aromatic carbocycles. The predicted octanol–water partition coefficient (Wildman–Crippen LogP) is 19.6. The molecular formula is C87H155NO13. The van der Waals surface area contributed by atoms with E-state index in [9.17, 15) is 45.6 Å². The fourth-order valence-electron chi connectivity index (χ4n) is 13.4. The van der Waals surface area contributed by atoms with Gasteiger partial charge in [0.2, 0.25) is 5.91 Å². The molecule has 101 heavy (non-hydrogen) atoms. The number of rotatable bonds is 70. The highest BCUT2D eigenvalue weighted by Gasteiger charge is 2.51. The number of aliphatic hydroxyl groups excluding tert-OH is 8. The van der Waals surface area contributed by atoms with Crippen LogP contribution >= 0.6 is 0 Å². The molecule has 0 bridgehead atoms. The van der Waals surface area contributed by atoms with Gasteiger partial charge in [-0.25, -0.2) is 0 Å². The lowest BCUT2D eigenvalue weighted by molar-refractivity contribution is -0.359. The molecule has 14 heteroatoms. The van der Waals surface area contributed by atoms with Crippen molar-refractivity contribution in [3.05, 3.63) is 97.2 Å². The zero-order valence-corrected chi connectivity index (χ0v) is 64.4. The highest BCUT2D eigenvalue weighted by Crippen LogP contribution is 2.30. The lowest BCUT2D eigenvalue weighted by atomic mass is 9.97.